The second kappa shape index (κ2) is 8.10. The molecule has 0 radical (unpaired) electrons. The van der Waals surface area contributed by atoms with Crippen LogP contribution in [0, 0.1) is 19.8 Å². The summed E-state index contributed by atoms with van der Waals surface area (Å²) in [6.45, 7) is 10.2. The van der Waals surface area contributed by atoms with Gasteiger partial charge in [0.1, 0.15) is 0 Å². The molecule has 0 spiro atoms. The number of rotatable bonds is 8. The number of ether oxygens (including phenoxy) is 1. The van der Waals surface area contributed by atoms with Crippen LogP contribution in [0.1, 0.15) is 43.1 Å². The summed E-state index contributed by atoms with van der Waals surface area (Å²) in [4.78, 5) is 26.5. The molecule has 25 heavy (non-hydrogen) atoms. The van der Waals surface area contributed by atoms with Gasteiger partial charge in [0.15, 0.2) is 6.04 Å². The van der Waals surface area contributed by atoms with E-state index >= 15 is 0 Å². The highest BCUT2D eigenvalue weighted by Gasteiger charge is 2.28. The molecule has 7 nitrogen and oxygen atoms in total. The van der Waals surface area contributed by atoms with Crippen molar-refractivity contribution in [1.82, 2.24) is 14.7 Å². The molecule has 0 aromatic carbocycles. The number of carbonyl (C=O) groups is 1. The van der Waals surface area contributed by atoms with Gasteiger partial charge in [-0.3, -0.25) is 9.69 Å². The zero-order valence-electron chi connectivity index (χ0n) is 15.8. The van der Waals surface area contributed by atoms with Crippen molar-refractivity contribution in [2.45, 2.75) is 52.7 Å². The summed E-state index contributed by atoms with van der Waals surface area (Å²) in [5, 5.41) is 14.0. The van der Waals surface area contributed by atoms with Gasteiger partial charge in [0.05, 0.1) is 11.8 Å². The normalized spacial score (nSPS) is 16.9. The molecular weight excluding hydrogens is 322 g/mol. The number of hydrogen-bond donors (Lipinski definition) is 1. The Morgan fingerprint density at radius 1 is 1.32 bits per heavy atom. The number of aromatic nitrogens is 2. The molecule has 140 valence electrons. The van der Waals surface area contributed by atoms with Crippen LogP contribution < -0.4 is 5.56 Å². The lowest BCUT2D eigenvalue weighted by Crippen LogP contribution is -2.52. The van der Waals surface area contributed by atoms with E-state index in [9.17, 15) is 14.7 Å². The number of carboxylic acids is 1. The highest BCUT2D eigenvalue weighted by atomic mass is 16.5. The molecule has 0 amide bonds. The summed E-state index contributed by atoms with van der Waals surface area (Å²) in [7, 11) is 1.72. The molecule has 2 rings (SSSR count). The smallest absolute Gasteiger partial charge is 0.328 e. The molecule has 0 aliphatic carbocycles. The largest absolute Gasteiger partial charge is 0.480 e. The van der Waals surface area contributed by atoms with Gasteiger partial charge in [-0.1, -0.05) is 13.8 Å². The first-order chi connectivity index (χ1) is 11.7. The van der Waals surface area contributed by atoms with Gasteiger partial charge in [0, 0.05) is 38.7 Å². The minimum atomic E-state index is -1.01. The fourth-order valence-electron chi connectivity index (χ4n) is 3.12. The zero-order chi connectivity index (χ0) is 18.7. The van der Waals surface area contributed by atoms with E-state index in [1.54, 1.807) is 14.0 Å². The summed E-state index contributed by atoms with van der Waals surface area (Å²) in [6.07, 6.45) is 1.37. The fraction of sp³-hybridized carbons (Fsp3) is 0.722. The van der Waals surface area contributed by atoms with Crippen LogP contribution in [0.15, 0.2) is 4.79 Å². The SMILES string of the molecule is COC1CN(CCc2nn(C(CC(C)C)C(=O)O)c(=O)c(C)c2C)C1. The monoisotopic (exact) mass is 351 g/mol. The first-order valence-corrected chi connectivity index (χ1v) is 8.81. The van der Waals surface area contributed by atoms with E-state index in [0.29, 0.717) is 24.5 Å². The van der Waals surface area contributed by atoms with Gasteiger partial charge >= 0.3 is 5.97 Å². The lowest BCUT2D eigenvalue weighted by atomic mass is 10.0. The van der Waals surface area contributed by atoms with E-state index in [-0.39, 0.29) is 11.5 Å². The minimum Gasteiger partial charge on any atom is -0.480 e. The van der Waals surface area contributed by atoms with E-state index in [4.69, 9.17) is 4.74 Å². The molecule has 1 unspecified atom stereocenters. The second-order valence-electron chi connectivity index (χ2n) is 7.30. The first kappa shape index (κ1) is 19.6. The van der Waals surface area contributed by atoms with Gasteiger partial charge in [-0.25, -0.2) is 9.48 Å². The van der Waals surface area contributed by atoms with E-state index in [1.807, 2.05) is 20.8 Å². The second-order valence-corrected chi connectivity index (χ2v) is 7.30. The van der Waals surface area contributed by atoms with Crippen LogP contribution in [0.3, 0.4) is 0 Å². The summed E-state index contributed by atoms with van der Waals surface area (Å²) >= 11 is 0. The van der Waals surface area contributed by atoms with Gasteiger partial charge < -0.3 is 9.84 Å². The van der Waals surface area contributed by atoms with Crippen molar-refractivity contribution in [2.75, 3.05) is 26.7 Å². The molecule has 1 N–H and O–H groups in total. The lowest BCUT2D eigenvalue weighted by molar-refractivity contribution is -0.141. The third kappa shape index (κ3) is 4.46. The Morgan fingerprint density at radius 3 is 2.48 bits per heavy atom. The van der Waals surface area contributed by atoms with Crippen molar-refractivity contribution in [3.8, 4) is 0 Å². The topological polar surface area (TPSA) is 84.7 Å². The van der Waals surface area contributed by atoms with Crippen molar-refractivity contribution in [3.63, 3.8) is 0 Å². The number of carboxylic acid groups (broad SMARTS) is 1. The van der Waals surface area contributed by atoms with Crippen LogP contribution in [0.5, 0.6) is 0 Å². The highest BCUT2D eigenvalue weighted by molar-refractivity contribution is 5.71. The van der Waals surface area contributed by atoms with Gasteiger partial charge in [0.2, 0.25) is 0 Å². The number of aliphatic carboxylic acids is 1. The van der Waals surface area contributed by atoms with Gasteiger partial charge in [-0.2, -0.15) is 5.10 Å². The Hall–Kier alpha value is -1.73. The third-order valence-electron chi connectivity index (χ3n) is 4.95. The van der Waals surface area contributed by atoms with E-state index in [0.717, 1.165) is 30.9 Å². The summed E-state index contributed by atoms with van der Waals surface area (Å²) in [6, 6.07) is -0.924. The standard InChI is InChI=1S/C18H29N3O4/c1-11(2)8-16(18(23)24)21-17(22)13(4)12(3)15(19-21)6-7-20-9-14(10-20)25-5/h11,14,16H,6-10H2,1-5H3,(H,23,24). The van der Waals surface area contributed by atoms with Crippen LogP contribution in [-0.2, 0) is 16.0 Å². The van der Waals surface area contributed by atoms with Crippen molar-refractivity contribution >= 4 is 5.97 Å². The molecular formula is C18H29N3O4. The minimum absolute atomic E-state index is 0.159. The summed E-state index contributed by atoms with van der Waals surface area (Å²) < 4.78 is 6.45. The molecule has 1 aliphatic heterocycles. The first-order valence-electron chi connectivity index (χ1n) is 8.81. The van der Waals surface area contributed by atoms with Crippen LogP contribution in [0.4, 0.5) is 0 Å². The van der Waals surface area contributed by atoms with Crippen molar-refractivity contribution in [2.24, 2.45) is 5.92 Å². The predicted molar refractivity (Wildman–Crippen MR) is 95.0 cm³/mol. The molecule has 1 aliphatic rings. The van der Waals surface area contributed by atoms with Crippen molar-refractivity contribution in [1.29, 1.82) is 0 Å². The maximum atomic E-state index is 12.6. The van der Waals surface area contributed by atoms with Crippen molar-refractivity contribution < 1.29 is 14.6 Å². The Labute approximate surface area is 148 Å². The molecule has 0 bridgehead atoms. The fourth-order valence-corrected chi connectivity index (χ4v) is 3.12. The van der Waals surface area contributed by atoms with Crippen LogP contribution in [0.2, 0.25) is 0 Å². The van der Waals surface area contributed by atoms with E-state index < -0.39 is 12.0 Å². The molecule has 1 saturated heterocycles. The van der Waals surface area contributed by atoms with E-state index in [2.05, 4.69) is 10.00 Å². The maximum absolute atomic E-state index is 12.6. The van der Waals surface area contributed by atoms with Gasteiger partial charge in [0.25, 0.3) is 5.56 Å². The molecule has 1 aromatic rings. The molecule has 7 heteroatoms. The predicted octanol–water partition coefficient (Wildman–Crippen LogP) is 1.41. The Morgan fingerprint density at radius 2 is 1.96 bits per heavy atom. The Kier molecular flexibility index (Phi) is 6.35. The number of nitrogens with zero attached hydrogens (tertiary/aromatic N) is 3. The average Bonchev–Trinajstić information content (AvgIpc) is 2.51. The number of hydrogen-bond acceptors (Lipinski definition) is 5. The van der Waals surface area contributed by atoms with E-state index in [1.165, 1.54) is 4.68 Å². The van der Waals surface area contributed by atoms with Crippen LogP contribution in [-0.4, -0.2) is 58.6 Å². The Bertz CT molecular complexity index is 678. The average molecular weight is 351 g/mol. The van der Waals surface area contributed by atoms with Gasteiger partial charge in [-0.05, 0) is 31.7 Å². The van der Waals surface area contributed by atoms with Crippen molar-refractivity contribution in [3.05, 3.63) is 27.2 Å². The molecule has 2 heterocycles. The molecule has 1 fully saturated rings. The summed E-state index contributed by atoms with van der Waals surface area (Å²) in [5.41, 5.74) is 1.93. The van der Waals surface area contributed by atoms with Gasteiger partial charge in [-0.15, -0.1) is 0 Å². The molecule has 1 atom stereocenters. The Balaban J connectivity index is 2.24. The lowest BCUT2D eigenvalue weighted by Gasteiger charge is -2.38. The number of likely N-dealkylation sites (tertiary alicyclic amines) is 1. The quantitative estimate of drug-likeness (QED) is 0.762. The van der Waals surface area contributed by atoms with Crippen LogP contribution in [0.25, 0.3) is 0 Å². The maximum Gasteiger partial charge on any atom is 0.328 e. The molecule has 1 aromatic heterocycles. The van der Waals surface area contributed by atoms with Crippen LogP contribution >= 0.6 is 0 Å². The molecule has 0 saturated carbocycles. The highest BCUT2D eigenvalue weighted by Crippen LogP contribution is 2.18. The third-order valence-corrected chi connectivity index (χ3v) is 4.95. The summed E-state index contributed by atoms with van der Waals surface area (Å²) in [5.74, 6) is -0.852. The number of methoxy groups -OCH3 is 1. The zero-order valence-corrected chi connectivity index (χ0v) is 15.8.